The summed E-state index contributed by atoms with van der Waals surface area (Å²) in [6, 6.07) is 0. The number of fused-ring (bicyclic) bond motifs is 2. The van der Waals surface area contributed by atoms with Crippen molar-refractivity contribution in [1.82, 2.24) is 0 Å². The summed E-state index contributed by atoms with van der Waals surface area (Å²) in [4.78, 5) is 23.8. The van der Waals surface area contributed by atoms with Crippen LogP contribution in [-0.2, 0) is 28.4 Å². The van der Waals surface area contributed by atoms with Gasteiger partial charge in [0.1, 0.15) is 12.4 Å². The van der Waals surface area contributed by atoms with Gasteiger partial charge in [0.25, 0.3) is 0 Å². The van der Waals surface area contributed by atoms with Crippen molar-refractivity contribution in [3.05, 3.63) is 11.8 Å². The van der Waals surface area contributed by atoms with Crippen molar-refractivity contribution >= 4 is 12.3 Å². The molecule has 0 amide bonds. The first-order chi connectivity index (χ1) is 15.6. The van der Waals surface area contributed by atoms with Crippen LogP contribution in [0.3, 0.4) is 0 Å². The highest BCUT2D eigenvalue weighted by atomic mass is 16.7. The van der Waals surface area contributed by atoms with Crippen LogP contribution in [0.5, 0.6) is 0 Å². The van der Waals surface area contributed by atoms with Gasteiger partial charge in [0.2, 0.25) is 0 Å². The minimum absolute atomic E-state index is 0.237. The zero-order valence-corrected chi connectivity index (χ0v) is 18.6. The lowest BCUT2D eigenvalue weighted by Crippen LogP contribution is -2.25. The van der Waals surface area contributed by atoms with Crippen LogP contribution in [-0.4, -0.2) is 57.1 Å². The van der Waals surface area contributed by atoms with Crippen molar-refractivity contribution in [1.29, 1.82) is 0 Å². The maximum Gasteiger partial charge on any atom is 0.508 e. The van der Waals surface area contributed by atoms with Gasteiger partial charge in [0.05, 0.1) is 32.0 Å². The highest BCUT2D eigenvalue weighted by Crippen LogP contribution is 2.40. The Morgan fingerprint density at radius 3 is 1.94 bits per heavy atom. The van der Waals surface area contributed by atoms with Gasteiger partial charge in [-0.25, -0.2) is 9.59 Å². The van der Waals surface area contributed by atoms with Crippen LogP contribution in [0.1, 0.15) is 57.8 Å². The molecule has 0 bridgehead atoms. The van der Waals surface area contributed by atoms with Crippen LogP contribution >= 0.6 is 0 Å². The Kier molecular flexibility index (Phi) is 6.76. The summed E-state index contributed by atoms with van der Waals surface area (Å²) < 4.78 is 32.1. The van der Waals surface area contributed by atoms with Gasteiger partial charge in [0, 0.05) is 5.92 Å². The third-order valence-electron chi connectivity index (χ3n) is 7.54. The molecule has 5 atom stereocenters. The molecule has 4 unspecified atom stereocenters. The molecule has 178 valence electrons. The lowest BCUT2D eigenvalue weighted by Gasteiger charge is -2.27. The number of carbonyl (C=O) groups excluding carboxylic acids is 2. The minimum Gasteiger partial charge on any atom is -0.483 e. The lowest BCUT2D eigenvalue weighted by atomic mass is 9.83. The van der Waals surface area contributed by atoms with Gasteiger partial charge in [-0.05, 0) is 81.6 Å². The summed E-state index contributed by atoms with van der Waals surface area (Å²) in [6.07, 6.45) is 11.0. The third-order valence-corrected chi connectivity index (χ3v) is 7.54. The predicted molar refractivity (Wildman–Crippen MR) is 112 cm³/mol. The highest BCUT2D eigenvalue weighted by Gasteiger charge is 2.44. The van der Waals surface area contributed by atoms with Crippen LogP contribution in [0.15, 0.2) is 11.8 Å². The summed E-state index contributed by atoms with van der Waals surface area (Å²) in [5.74, 6) is 2.35. The molecule has 2 heterocycles. The van der Waals surface area contributed by atoms with E-state index >= 15 is 0 Å². The SMILES string of the molecule is O=C(OCC1C=C2OC2CC1)OCC1CCC(COC(=O)OCC2CC[C@H]3OC3C2)CC1. The molecular weight excluding hydrogens is 416 g/mol. The van der Waals surface area contributed by atoms with Crippen molar-refractivity contribution in [2.24, 2.45) is 23.7 Å². The standard InChI is InChI=1S/C24H34O8/c25-23(29-13-17-5-7-19-21(9-17)31-19)27-11-15-1-2-16(4-3-15)12-28-24(26)30-14-18-6-8-20-22(10-18)32-20/h9,15-20,22H,1-8,10-14H2/t15?,16?,17?,18?,19?,20-,22?/m1/s1. The van der Waals surface area contributed by atoms with Gasteiger partial charge in [-0.2, -0.15) is 0 Å². The summed E-state index contributed by atoms with van der Waals surface area (Å²) in [5, 5.41) is 0. The van der Waals surface area contributed by atoms with Crippen LogP contribution in [0.4, 0.5) is 9.59 Å². The molecule has 3 aliphatic carbocycles. The average Bonchev–Trinajstić information content (AvgIpc) is 3.73. The molecule has 4 fully saturated rings. The molecule has 2 aliphatic heterocycles. The van der Waals surface area contributed by atoms with E-state index in [2.05, 4.69) is 6.08 Å². The van der Waals surface area contributed by atoms with E-state index in [9.17, 15) is 9.59 Å². The van der Waals surface area contributed by atoms with Crippen LogP contribution in [0.25, 0.3) is 0 Å². The van der Waals surface area contributed by atoms with E-state index in [1.165, 1.54) is 0 Å². The minimum atomic E-state index is -0.586. The number of ether oxygens (including phenoxy) is 6. The summed E-state index contributed by atoms with van der Waals surface area (Å²) in [5.41, 5.74) is 0. The Morgan fingerprint density at radius 2 is 1.31 bits per heavy atom. The fraction of sp³-hybridized carbons (Fsp3) is 0.833. The molecule has 5 rings (SSSR count). The van der Waals surface area contributed by atoms with Crippen LogP contribution in [0.2, 0.25) is 0 Å². The van der Waals surface area contributed by atoms with Crippen molar-refractivity contribution in [2.45, 2.75) is 76.1 Å². The zero-order chi connectivity index (χ0) is 21.9. The van der Waals surface area contributed by atoms with Gasteiger partial charge >= 0.3 is 12.3 Å². The largest absolute Gasteiger partial charge is 0.508 e. The second kappa shape index (κ2) is 9.89. The summed E-state index contributed by atoms with van der Waals surface area (Å²) in [6.45, 7) is 1.57. The molecule has 8 nitrogen and oxygen atoms in total. The first kappa shape index (κ1) is 21.9. The number of epoxide rings is 2. The molecule has 0 radical (unpaired) electrons. The van der Waals surface area contributed by atoms with E-state index in [4.69, 9.17) is 28.4 Å². The van der Waals surface area contributed by atoms with Gasteiger partial charge in [-0.1, -0.05) is 0 Å². The Balaban J connectivity index is 0.888. The molecule has 0 aromatic carbocycles. The second-order valence-electron chi connectivity index (χ2n) is 10.0. The quantitative estimate of drug-likeness (QED) is 0.398. The van der Waals surface area contributed by atoms with Crippen molar-refractivity contribution in [3.8, 4) is 0 Å². The van der Waals surface area contributed by atoms with E-state index in [1.807, 2.05) is 0 Å². The molecule has 2 saturated carbocycles. The first-order valence-corrected chi connectivity index (χ1v) is 12.3. The maximum atomic E-state index is 11.9. The number of carbonyl (C=O) groups is 2. The zero-order valence-electron chi connectivity index (χ0n) is 18.6. The number of hydrogen-bond acceptors (Lipinski definition) is 8. The predicted octanol–water partition coefficient (Wildman–Crippen LogP) is 4.36. The molecule has 5 aliphatic rings. The van der Waals surface area contributed by atoms with Gasteiger partial charge in [-0.3, -0.25) is 0 Å². The lowest BCUT2D eigenvalue weighted by molar-refractivity contribution is 0.0161. The van der Waals surface area contributed by atoms with Crippen LogP contribution < -0.4 is 0 Å². The Labute approximate surface area is 188 Å². The molecular formula is C24H34O8. The van der Waals surface area contributed by atoms with Gasteiger partial charge in [-0.15, -0.1) is 0 Å². The fourth-order valence-electron chi connectivity index (χ4n) is 5.31. The molecule has 8 heteroatoms. The topological polar surface area (TPSA) is 96.1 Å². The smallest absolute Gasteiger partial charge is 0.483 e. The second-order valence-corrected chi connectivity index (χ2v) is 10.0. The summed E-state index contributed by atoms with van der Waals surface area (Å²) >= 11 is 0. The van der Waals surface area contributed by atoms with Gasteiger partial charge < -0.3 is 28.4 Å². The van der Waals surface area contributed by atoms with E-state index in [1.54, 1.807) is 0 Å². The molecule has 0 N–H and O–H groups in total. The molecule has 0 spiro atoms. The van der Waals surface area contributed by atoms with E-state index in [0.717, 1.165) is 63.5 Å². The Hall–Kier alpha value is -1.96. The fourth-order valence-corrected chi connectivity index (χ4v) is 5.31. The van der Waals surface area contributed by atoms with Crippen molar-refractivity contribution in [3.63, 3.8) is 0 Å². The normalized spacial score (nSPS) is 37.0. The molecule has 2 saturated heterocycles. The van der Waals surface area contributed by atoms with Gasteiger partial charge in [0.15, 0.2) is 6.10 Å². The highest BCUT2D eigenvalue weighted by molar-refractivity contribution is 5.60. The van der Waals surface area contributed by atoms with Crippen LogP contribution in [0, 0.1) is 23.7 Å². The van der Waals surface area contributed by atoms with E-state index in [-0.39, 0.29) is 5.92 Å². The van der Waals surface area contributed by atoms with E-state index < -0.39 is 12.3 Å². The molecule has 0 aromatic rings. The number of rotatable bonds is 8. The van der Waals surface area contributed by atoms with Crippen molar-refractivity contribution < 1.29 is 38.0 Å². The molecule has 0 aromatic heterocycles. The molecule has 32 heavy (non-hydrogen) atoms. The van der Waals surface area contributed by atoms with Crippen molar-refractivity contribution in [2.75, 3.05) is 26.4 Å². The summed E-state index contributed by atoms with van der Waals surface area (Å²) in [7, 11) is 0. The Morgan fingerprint density at radius 1 is 0.719 bits per heavy atom. The van der Waals surface area contributed by atoms with E-state index in [0.29, 0.717) is 62.5 Å². The average molecular weight is 451 g/mol. The Bertz CT molecular complexity index is 713. The third kappa shape index (κ3) is 6.09. The number of hydrogen-bond donors (Lipinski definition) is 0. The maximum absolute atomic E-state index is 11.9. The monoisotopic (exact) mass is 450 g/mol. The first-order valence-electron chi connectivity index (χ1n) is 12.3.